The summed E-state index contributed by atoms with van der Waals surface area (Å²) in [6, 6.07) is 3.77. The van der Waals surface area contributed by atoms with Gasteiger partial charge in [0.15, 0.2) is 0 Å². The van der Waals surface area contributed by atoms with Crippen LogP contribution in [-0.4, -0.2) is 26.9 Å². The summed E-state index contributed by atoms with van der Waals surface area (Å²) in [6.07, 6.45) is 2.44. The Hall–Kier alpha value is -0.300. The van der Waals surface area contributed by atoms with Crippen molar-refractivity contribution in [3.8, 4) is 5.88 Å². The van der Waals surface area contributed by atoms with Gasteiger partial charge in [0.1, 0.15) is 4.75 Å². The fourth-order valence-corrected chi connectivity index (χ4v) is 3.47. The van der Waals surface area contributed by atoms with Crippen molar-refractivity contribution in [3.63, 3.8) is 0 Å². The van der Waals surface area contributed by atoms with Crippen LogP contribution >= 0.6 is 15.9 Å². The highest BCUT2D eigenvalue weighted by atomic mass is 79.9. The number of nitrogens with zero attached hydrogens (tertiary/aromatic N) is 1. The second-order valence-corrected chi connectivity index (χ2v) is 9.25. The molecule has 0 spiro atoms. The largest absolute Gasteiger partial charge is 0.598 e. The Labute approximate surface area is 145 Å². The molecule has 126 valence electrons. The van der Waals surface area contributed by atoms with E-state index >= 15 is 0 Å². The van der Waals surface area contributed by atoms with Crippen LogP contribution in [0.3, 0.4) is 0 Å². The van der Waals surface area contributed by atoms with Crippen molar-refractivity contribution < 1.29 is 9.29 Å². The minimum absolute atomic E-state index is 0.250. The highest BCUT2D eigenvalue weighted by Gasteiger charge is 2.37. The molecule has 1 rings (SSSR count). The van der Waals surface area contributed by atoms with Crippen molar-refractivity contribution in [2.75, 3.05) is 7.11 Å². The van der Waals surface area contributed by atoms with Gasteiger partial charge >= 0.3 is 0 Å². The first kappa shape index (κ1) is 19.7. The lowest BCUT2D eigenvalue weighted by atomic mass is 9.88. The highest BCUT2D eigenvalue weighted by molar-refractivity contribution is 9.10. The number of aromatic nitrogens is 1. The SMILES string of the molecule is CCC(CC)(Cc1nc(OC)ccc1Br)N[S+]([O-])C(C)(C)C. The number of rotatable bonds is 7. The Bertz CT molecular complexity index is 488. The number of nitrogens with one attached hydrogen (secondary N) is 1. The first-order chi connectivity index (χ1) is 10.2. The van der Waals surface area contributed by atoms with Gasteiger partial charge in [-0.25, -0.2) is 4.98 Å². The number of ether oxygens (including phenoxy) is 1. The maximum atomic E-state index is 12.5. The second-order valence-electron chi connectivity index (χ2n) is 6.43. The van der Waals surface area contributed by atoms with Gasteiger partial charge < -0.3 is 9.29 Å². The molecule has 0 aliphatic heterocycles. The van der Waals surface area contributed by atoms with Gasteiger partial charge in [0.05, 0.1) is 18.3 Å². The highest BCUT2D eigenvalue weighted by Crippen LogP contribution is 2.29. The molecular formula is C16H27BrN2O2S. The van der Waals surface area contributed by atoms with Crippen molar-refractivity contribution in [1.82, 2.24) is 9.71 Å². The van der Waals surface area contributed by atoms with Crippen LogP contribution in [0, 0.1) is 0 Å². The molecule has 0 saturated carbocycles. The average Bonchev–Trinajstić information content (AvgIpc) is 2.47. The van der Waals surface area contributed by atoms with Crippen molar-refractivity contribution in [2.24, 2.45) is 0 Å². The molecule has 1 atom stereocenters. The van der Waals surface area contributed by atoms with Crippen LogP contribution in [0.1, 0.15) is 53.2 Å². The van der Waals surface area contributed by atoms with Crippen molar-refractivity contribution in [3.05, 3.63) is 22.3 Å². The summed E-state index contributed by atoms with van der Waals surface area (Å²) in [4.78, 5) is 4.53. The molecule has 6 heteroatoms. The number of hydrogen-bond donors (Lipinski definition) is 1. The molecule has 1 unspecified atom stereocenters. The lowest BCUT2D eigenvalue weighted by Gasteiger charge is -2.36. The molecule has 4 nitrogen and oxygen atoms in total. The van der Waals surface area contributed by atoms with Crippen LogP contribution in [0.2, 0.25) is 0 Å². The molecule has 0 amide bonds. The smallest absolute Gasteiger partial charge is 0.213 e. The lowest BCUT2D eigenvalue weighted by Crippen LogP contribution is -2.54. The number of methoxy groups -OCH3 is 1. The summed E-state index contributed by atoms with van der Waals surface area (Å²) in [6.45, 7) is 10.2. The number of pyridine rings is 1. The molecule has 0 fully saturated rings. The third-order valence-corrected chi connectivity index (χ3v) is 6.28. The van der Waals surface area contributed by atoms with Gasteiger partial charge in [-0.1, -0.05) is 13.8 Å². The van der Waals surface area contributed by atoms with Crippen molar-refractivity contribution in [1.29, 1.82) is 0 Å². The van der Waals surface area contributed by atoms with Gasteiger partial charge in [0.25, 0.3) is 0 Å². The zero-order valence-corrected chi connectivity index (χ0v) is 16.7. The summed E-state index contributed by atoms with van der Waals surface area (Å²) >= 11 is 2.44. The predicted octanol–water partition coefficient (Wildman–Crippen LogP) is 4.01. The Morgan fingerprint density at radius 3 is 2.32 bits per heavy atom. The molecule has 0 radical (unpaired) electrons. The Kier molecular flexibility index (Phi) is 7.18. The van der Waals surface area contributed by atoms with Gasteiger partial charge in [-0.2, -0.15) is 0 Å². The minimum atomic E-state index is -1.12. The molecule has 22 heavy (non-hydrogen) atoms. The van der Waals surface area contributed by atoms with E-state index in [2.05, 4.69) is 39.5 Å². The average molecular weight is 391 g/mol. The van der Waals surface area contributed by atoms with Gasteiger partial charge in [-0.3, -0.25) is 0 Å². The zero-order valence-electron chi connectivity index (χ0n) is 14.3. The second kappa shape index (κ2) is 7.99. The van der Waals surface area contributed by atoms with E-state index in [0.29, 0.717) is 12.3 Å². The van der Waals surface area contributed by atoms with E-state index in [9.17, 15) is 4.55 Å². The minimum Gasteiger partial charge on any atom is -0.598 e. The monoisotopic (exact) mass is 390 g/mol. The maximum absolute atomic E-state index is 12.5. The number of hydrogen-bond acceptors (Lipinski definition) is 4. The van der Waals surface area contributed by atoms with E-state index in [1.165, 1.54) is 0 Å². The normalized spacial score (nSPS) is 14.0. The first-order valence-corrected chi connectivity index (χ1v) is 9.51. The van der Waals surface area contributed by atoms with Crippen LogP contribution < -0.4 is 9.46 Å². The lowest BCUT2D eigenvalue weighted by molar-refractivity contribution is 0.339. The summed E-state index contributed by atoms with van der Waals surface area (Å²) in [7, 11) is 1.61. The molecule has 1 aromatic rings. The van der Waals surface area contributed by atoms with E-state index in [1.807, 2.05) is 32.9 Å². The Morgan fingerprint density at radius 1 is 1.27 bits per heavy atom. The predicted molar refractivity (Wildman–Crippen MR) is 96.5 cm³/mol. The Balaban J connectivity index is 3.05. The van der Waals surface area contributed by atoms with E-state index in [1.54, 1.807) is 7.11 Å². The van der Waals surface area contributed by atoms with Crippen molar-refractivity contribution >= 4 is 27.3 Å². The van der Waals surface area contributed by atoms with Crippen molar-refractivity contribution in [2.45, 2.75) is 64.2 Å². The molecule has 1 heterocycles. The molecule has 1 N–H and O–H groups in total. The van der Waals surface area contributed by atoms with Gasteiger partial charge in [-0.05, 0) is 55.6 Å². The maximum Gasteiger partial charge on any atom is 0.213 e. The van der Waals surface area contributed by atoms with E-state index in [0.717, 1.165) is 23.0 Å². The summed E-state index contributed by atoms with van der Waals surface area (Å²) in [5, 5.41) is 0. The molecule has 1 aromatic heterocycles. The molecule has 0 aromatic carbocycles. The molecule has 0 saturated heterocycles. The van der Waals surface area contributed by atoms with Gasteiger partial charge in [-0.15, -0.1) is 4.72 Å². The van der Waals surface area contributed by atoms with E-state index in [4.69, 9.17) is 4.74 Å². The standard InChI is InChI=1S/C16H27BrN2O2S/c1-7-16(8-2,19-22(20)15(3,4)5)11-13-12(17)9-10-14(18-13)21-6/h9-10,19H,7-8,11H2,1-6H3. The van der Waals surface area contributed by atoms with Crippen LogP contribution in [0.25, 0.3) is 0 Å². The third-order valence-electron chi connectivity index (χ3n) is 3.83. The van der Waals surface area contributed by atoms with Gasteiger partial charge in [0.2, 0.25) is 5.88 Å². The quantitative estimate of drug-likeness (QED) is 0.714. The number of halogens is 1. The molecule has 0 bridgehead atoms. The summed E-state index contributed by atoms with van der Waals surface area (Å²) in [5.74, 6) is 0.594. The van der Waals surface area contributed by atoms with Crippen LogP contribution in [0.5, 0.6) is 5.88 Å². The van der Waals surface area contributed by atoms with E-state index < -0.39 is 11.4 Å². The third kappa shape index (κ3) is 5.11. The Morgan fingerprint density at radius 2 is 1.86 bits per heavy atom. The van der Waals surface area contributed by atoms with Crippen LogP contribution in [-0.2, 0) is 17.8 Å². The molecule has 0 aliphatic rings. The van der Waals surface area contributed by atoms with Gasteiger partial charge in [0, 0.05) is 28.3 Å². The van der Waals surface area contributed by atoms with Crippen LogP contribution in [0.4, 0.5) is 0 Å². The summed E-state index contributed by atoms with van der Waals surface area (Å²) in [5.41, 5.74) is 0.668. The first-order valence-electron chi connectivity index (χ1n) is 7.56. The molecule has 0 aliphatic carbocycles. The fraction of sp³-hybridized carbons (Fsp3) is 0.688. The van der Waals surface area contributed by atoms with Crippen LogP contribution in [0.15, 0.2) is 16.6 Å². The topological polar surface area (TPSA) is 57.2 Å². The fourth-order valence-electron chi connectivity index (χ4n) is 2.05. The molecular weight excluding hydrogens is 364 g/mol. The summed E-state index contributed by atoms with van der Waals surface area (Å²) < 4.78 is 21.8. The van der Waals surface area contributed by atoms with E-state index in [-0.39, 0.29) is 10.3 Å². The zero-order chi connectivity index (χ0) is 17.0.